The molecule has 0 bridgehead atoms. The zero-order chi connectivity index (χ0) is 24.1. The molecule has 8 heteroatoms. The summed E-state index contributed by atoms with van der Waals surface area (Å²) in [6.45, 7) is 3.95. The Labute approximate surface area is 202 Å². The van der Waals surface area contributed by atoms with Crippen LogP contribution in [0.1, 0.15) is 35.9 Å². The van der Waals surface area contributed by atoms with E-state index in [2.05, 4.69) is 17.2 Å². The molecule has 1 aliphatic rings. The van der Waals surface area contributed by atoms with Crippen LogP contribution in [-0.2, 0) is 22.4 Å². The first-order chi connectivity index (χ1) is 16.4. The predicted octanol–water partition coefficient (Wildman–Crippen LogP) is 5.28. The lowest BCUT2D eigenvalue weighted by Gasteiger charge is -2.15. The molecule has 1 N–H and O–H groups in total. The molecule has 2 aromatic carbocycles. The first-order valence-electron chi connectivity index (χ1n) is 11.4. The van der Waals surface area contributed by atoms with Crippen LogP contribution in [0.4, 0.5) is 14.9 Å². The van der Waals surface area contributed by atoms with Crippen LogP contribution in [0.2, 0.25) is 0 Å². The van der Waals surface area contributed by atoms with E-state index in [1.165, 1.54) is 28.3 Å². The van der Waals surface area contributed by atoms with Gasteiger partial charge in [0.1, 0.15) is 11.9 Å². The Morgan fingerprint density at radius 1 is 1.21 bits per heavy atom. The highest BCUT2D eigenvalue weighted by Crippen LogP contribution is 2.29. The maximum atomic E-state index is 14.9. The maximum absolute atomic E-state index is 14.9. The highest BCUT2D eigenvalue weighted by molar-refractivity contribution is 7.09. The molecule has 1 fully saturated rings. The number of carbonyl (C=O) groups is 2. The standard InChI is InChI=1S/C26H28FN3O3S/c1-17-25(34-16-29-17)6-4-3-5-19-7-9-20(10-8-19)23-12-11-21(13-24(23)27)30-15-22(33-26(30)32)14-28-18(2)31/h7-13,16,22H,3-6,14-15H2,1-2H3,(H,28,31)/t22-/m0/s1. The summed E-state index contributed by atoms with van der Waals surface area (Å²) >= 11 is 1.72. The molecule has 2 amide bonds. The van der Waals surface area contributed by atoms with Crippen molar-refractivity contribution in [3.8, 4) is 11.1 Å². The van der Waals surface area contributed by atoms with Gasteiger partial charge in [-0.1, -0.05) is 24.3 Å². The van der Waals surface area contributed by atoms with Crippen molar-refractivity contribution in [2.45, 2.75) is 45.6 Å². The maximum Gasteiger partial charge on any atom is 0.414 e. The summed E-state index contributed by atoms with van der Waals surface area (Å²) in [5, 5.41) is 2.63. The minimum absolute atomic E-state index is 0.193. The van der Waals surface area contributed by atoms with Crippen LogP contribution in [0, 0.1) is 12.7 Å². The topological polar surface area (TPSA) is 71.5 Å². The lowest BCUT2D eigenvalue weighted by atomic mass is 10.0. The Morgan fingerprint density at radius 3 is 2.65 bits per heavy atom. The molecular weight excluding hydrogens is 453 g/mol. The average molecular weight is 482 g/mol. The third kappa shape index (κ3) is 5.80. The quantitative estimate of drug-likeness (QED) is 0.422. The SMILES string of the molecule is CC(=O)NC[C@H]1CN(c2ccc(-c3ccc(CCCCc4scnc4C)cc3)c(F)c2)C(=O)O1. The number of aryl methyl sites for hydroxylation is 3. The van der Waals surface area contributed by atoms with Crippen molar-refractivity contribution >= 4 is 29.0 Å². The molecule has 0 aliphatic carbocycles. The smallest absolute Gasteiger partial charge is 0.414 e. The van der Waals surface area contributed by atoms with Crippen molar-refractivity contribution < 1.29 is 18.7 Å². The van der Waals surface area contributed by atoms with E-state index in [1.54, 1.807) is 23.5 Å². The number of hydrogen-bond acceptors (Lipinski definition) is 5. The Morgan fingerprint density at radius 2 is 1.97 bits per heavy atom. The van der Waals surface area contributed by atoms with Crippen molar-refractivity contribution in [1.29, 1.82) is 0 Å². The number of carbonyl (C=O) groups excluding carboxylic acids is 2. The van der Waals surface area contributed by atoms with Crippen LogP contribution < -0.4 is 10.2 Å². The predicted molar refractivity (Wildman–Crippen MR) is 132 cm³/mol. The largest absolute Gasteiger partial charge is 0.442 e. The van der Waals surface area contributed by atoms with Crippen LogP contribution in [-0.4, -0.2) is 36.2 Å². The molecule has 4 rings (SSSR count). The third-order valence-corrected chi connectivity index (χ3v) is 6.94. The van der Waals surface area contributed by atoms with Gasteiger partial charge >= 0.3 is 6.09 Å². The second kappa shape index (κ2) is 10.8. The molecule has 3 aromatic rings. The first kappa shape index (κ1) is 23.9. The monoisotopic (exact) mass is 481 g/mol. The number of hydrogen-bond donors (Lipinski definition) is 1. The summed E-state index contributed by atoms with van der Waals surface area (Å²) in [4.78, 5) is 30.3. The molecule has 1 atom stereocenters. The van der Waals surface area contributed by atoms with Crippen LogP contribution in [0.25, 0.3) is 11.1 Å². The molecule has 1 aromatic heterocycles. The first-order valence-corrected chi connectivity index (χ1v) is 12.3. The van der Waals surface area contributed by atoms with Gasteiger partial charge in [-0.05, 0) is 61.9 Å². The summed E-state index contributed by atoms with van der Waals surface area (Å²) in [6, 6.07) is 12.7. The van der Waals surface area contributed by atoms with Crippen molar-refractivity contribution in [3.63, 3.8) is 0 Å². The number of aromatic nitrogens is 1. The van der Waals surface area contributed by atoms with Crippen LogP contribution >= 0.6 is 11.3 Å². The van der Waals surface area contributed by atoms with Gasteiger partial charge in [0.2, 0.25) is 5.91 Å². The summed E-state index contributed by atoms with van der Waals surface area (Å²) < 4.78 is 20.2. The number of ether oxygens (including phenoxy) is 1. The zero-order valence-corrected chi connectivity index (χ0v) is 20.2. The average Bonchev–Trinajstić information content (AvgIpc) is 3.40. The lowest BCUT2D eigenvalue weighted by molar-refractivity contribution is -0.119. The van der Waals surface area contributed by atoms with Crippen molar-refractivity contribution in [3.05, 3.63) is 69.9 Å². The minimum Gasteiger partial charge on any atom is -0.442 e. The van der Waals surface area contributed by atoms with E-state index in [9.17, 15) is 14.0 Å². The van der Waals surface area contributed by atoms with Gasteiger partial charge < -0.3 is 10.1 Å². The summed E-state index contributed by atoms with van der Waals surface area (Å²) in [5.41, 5.74) is 5.97. The van der Waals surface area contributed by atoms with E-state index < -0.39 is 18.0 Å². The van der Waals surface area contributed by atoms with Crippen molar-refractivity contribution in [2.75, 3.05) is 18.0 Å². The lowest BCUT2D eigenvalue weighted by Crippen LogP contribution is -2.33. The van der Waals surface area contributed by atoms with Gasteiger partial charge in [0.15, 0.2) is 0 Å². The summed E-state index contributed by atoms with van der Waals surface area (Å²) in [6.07, 6.45) is 3.25. The fraction of sp³-hybridized carbons (Fsp3) is 0.346. The van der Waals surface area contributed by atoms with Gasteiger partial charge in [0.05, 0.1) is 30.0 Å². The van der Waals surface area contributed by atoms with E-state index in [-0.39, 0.29) is 19.0 Å². The van der Waals surface area contributed by atoms with Gasteiger partial charge in [0.25, 0.3) is 0 Å². The van der Waals surface area contributed by atoms with E-state index in [0.717, 1.165) is 36.9 Å². The molecule has 0 unspecified atom stereocenters. The number of unbranched alkanes of at least 4 members (excludes halogenated alkanes) is 1. The third-order valence-electron chi connectivity index (χ3n) is 5.95. The van der Waals surface area contributed by atoms with Crippen molar-refractivity contribution in [1.82, 2.24) is 10.3 Å². The molecule has 0 radical (unpaired) electrons. The number of anilines is 1. The number of amides is 2. The number of benzene rings is 2. The Hall–Kier alpha value is -3.26. The second-order valence-corrected chi connectivity index (χ2v) is 9.42. The molecule has 1 aliphatic heterocycles. The molecule has 0 saturated carbocycles. The zero-order valence-electron chi connectivity index (χ0n) is 19.3. The number of nitrogens with zero attached hydrogens (tertiary/aromatic N) is 2. The molecule has 0 spiro atoms. The minimum atomic E-state index is -0.544. The van der Waals surface area contributed by atoms with Gasteiger partial charge in [-0.15, -0.1) is 11.3 Å². The van der Waals surface area contributed by atoms with Gasteiger partial charge in [0, 0.05) is 17.4 Å². The molecule has 34 heavy (non-hydrogen) atoms. The van der Waals surface area contributed by atoms with E-state index in [4.69, 9.17) is 4.74 Å². The highest BCUT2D eigenvalue weighted by Gasteiger charge is 2.32. The Kier molecular flexibility index (Phi) is 7.57. The van der Waals surface area contributed by atoms with E-state index >= 15 is 0 Å². The second-order valence-electron chi connectivity index (χ2n) is 8.48. The van der Waals surface area contributed by atoms with Crippen LogP contribution in [0.5, 0.6) is 0 Å². The van der Waals surface area contributed by atoms with Gasteiger partial charge in [-0.3, -0.25) is 9.69 Å². The molecule has 2 heterocycles. The van der Waals surface area contributed by atoms with Crippen molar-refractivity contribution in [2.24, 2.45) is 0 Å². The van der Waals surface area contributed by atoms with Crippen LogP contribution in [0.15, 0.2) is 48.0 Å². The number of cyclic esters (lactones) is 1. The fourth-order valence-corrected chi connectivity index (χ4v) is 4.86. The number of thiazole rings is 1. The fourth-order valence-electron chi connectivity index (χ4n) is 4.03. The van der Waals surface area contributed by atoms with E-state index in [0.29, 0.717) is 11.3 Å². The molecule has 178 valence electrons. The molecule has 1 saturated heterocycles. The van der Waals surface area contributed by atoms with Gasteiger partial charge in [-0.25, -0.2) is 14.2 Å². The number of nitrogens with one attached hydrogen (secondary N) is 1. The van der Waals surface area contributed by atoms with Crippen LogP contribution in [0.3, 0.4) is 0 Å². The number of halogens is 1. The Balaban J connectivity index is 1.34. The Bertz CT molecular complexity index is 1160. The van der Waals surface area contributed by atoms with E-state index in [1.807, 2.05) is 29.8 Å². The molecular formula is C26H28FN3O3S. The summed E-state index contributed by atoms with van der Waals surface area (Å²) in [5.74, 6) is -0.592. The summed E-state index contributed by atoms with van der Waals surface area (Å²) in [7, 11) is 0. The van der Waals surface area contributed by atoms with Gasteiger partial charge in [-0.2, -0.15) is 0 Å². The number of rotatable bonds is 9. The highest BCUT2D eigenvalue weighted by atomic mass is 32.1. The molecule has 6 nitrogen and oxygen atoms in total. The normalized spacial score (nSPS) is 15.4.